The van der Waals surface area contributed by atoms with E-state index in [2.05, 4.69) is 0 Å². The fourth-order valence-electron chi connectivity index (χ4n) is 4.98. The predicted molar refractivity (Wildman–Crippen MR) is 73.2 cm³/mol. The molecule has 0 aromatic rings. The van der Waals surface area contributed by atoms with Crippen LogP contribution in [0, 0.1) is 16.7 Å². The van der Waals surface area contributed by atoms with Crippen molar-refractivity contribution in [3.05, 3.63) is 11.1 Å². The molecule has 21 heavy (non-hydrogen) atoms. The van der Waals surface area contributed by atoms with Gasteiger partial charge in [-0.2, -0.15) is 0 Å². The van der Waals surface area contributed by atoms with E-state index >= 15 is 0 Å². The van der Waals surface area contributed by atoms with E-state index in [4.69, 9.17) is 9.47 Å². The number of ether oxygens (including phenoxy) is 2. The van der Waals surface area contributed by atoms with Crippen molar-refractivity contribution in [2.75, 3.05) is 14.2 Å². The van der Waals surface area contributed by atoms with Crippen molar-refractivity contribution in [2.24, 2.45) is 16.7 Å². The highest BCUT2D eigenvalue weighted by atomic mass is 16.5. The second kappa shape index (κ2) is 4.68. The number of aldehydes is 1. The van der Waals surface area contributed by atoms with E-state index in [0.29, 0.717) is 24.3 Å². The third-order valence-corrected chi connectivity index (χ3v) is 5.78. The SMILES string of the molecule is COC(=O)C1=C(C(=O)OC)[C@]23CCC[C@@H]2CC[C@@]1(C=O)C3. The van der Waals surface area contributed by atoms with Gasteiger partial charge in [-0.05, 0) is 38.0 Å². The lowest BCUT2D eigenvalue weighted by Crippen LogP contribution is -2.37. The molecule has 0 aromatic carbocycles. The van der Waals surface area contributed by atoms with Crippen LogP contribution in [0.4, 0.5) is 0 Å². The number of hydrogen-bond acceptors (Lipinski definition) is 5. The average molecular weight is 292 g/mol. The summed E-state index contributed by atoms with van der Waals surface area (Å²) in [7, 11) is 2.61. The van der Waals surface area contributed by atoms with Crippen LogP contribution in [0.5, 0.6) is 0 Å². The van der Waals surface area contributed by atoms with Crippen molar-refractivity contribution >= 4 is 18.2 Å². The van der Waals surface area contributed by atoms with Crippen LogP contribution in [-0.4, -0.2) is 32.4 Å². The van der Waals surface area contributed by atoms with Gasteiger partial charge in [-0.15, -0.1) is 0 Å². The van der Waals surface area contributed by atoms with Gasteiger partial charge in [-0.25, -0.2) is 9.59 Å². The van der Waals surface area contributed by atoms with E-state index in [-0.39, 0.29) is 11.0 Å². The van der Waals surface area contributed by atoms with Gasteiger partial charge in [0, 0.05) is 5.41 Å². The first-order valence-corrected chi connectivity index (χ1v) is 7.43. The van der Waals surface area contributed by atoms with E-state index in [9.17, 15) is 14.4 Å². The van der Waals surface area contributed by atoms with Gasteiger partial charge >= 0.3 is 11.9 Å². The first-order valence-electron chi connectivity index (χ1n) is 7.43. The van der Waals surface area contributed by atoms with Crippen LogP contribution in [0.1, 0.15) is 38.5 Å². The third-order valence-electron chi connectivity index (χ3n) is 5.78. The van der Waals surface area contributed by atoms with E-state index in [0.717, 1.165) is 32.0 Å². The summed E-state index contributed by atoms with van der Waals surface area (Å²) in [5.74, 6) is -0.679. The zero-order chi connectivity index (χ0) is 15.3. The van der Waals surface area contributed by atoms with Crippen LogP contribution in [-0.2, 0) is 23.9 Å². The molecule has 0 aliphatic heterocycles. The third kappa shape index (κ3) is 1.66. The van der Waals surface area contributed by atoms with Crippen molar-refractivity contribution in [1.82, 2.24) is 0 Å². The van der Waals surface area contributed by atoms with Crippen LogP contribution in [0.25, 0.3) is 0 Å². The van der Waals surface area contributed by atoms with Gasteiger partial charge in [0.25, 0.3) is 0 Å². The molecule has 114 valence electrons. The van der Waals surface area contributed by atoms with E-state index in [1.165, 1.54) is 14.2 Å². The lowest BCUT2D eigenvalue weighted by Gasteiger charge is -2.40. The van der Waals surface area contributed by atoms with E-state index in [1.54, 1.807) is 0 Å². The maximum absolute atomic E-state index is 12.4. The molecule has 1 spiro atoms. The van der Waals surface area contributed by atoms with Crippen LogP contribution < -0.4 is 0 Å². The monoisotopic (exact) mass is 292 g/mol. The number of methoxy groups -OCH3 is 2. The summed E-state index contributed by atoms with van der Waals surface area (Å²) < 4.78 is 9.81. The maximum atomic E-state index is 12.4. The first kappa shape index (κ1) is 14.3. The summed E-state index contributed by atoms with van der Waals surface area (Å²) in [6.45, 7) is 0. The Bertz CT molecular complexity index is 549. The van der Waals surface area contributed by atoms with Gasteiger partial charge < -0.3 is 14.3 Å². The van der Waals surface area contributed by atoms with Crippen LogP contribution in [0.3, 0.4) is 0 Å². The van der Waals surface area contributed by atoms with Crippen molar-refractivity contribution in [1.29, 1.82) is 0 Å². The minimum atomic E-state index is -0.864. The Morgan fingerprint density at radius 2 is 1.76 bits per heavy atom. The Morgan fingerprint density at radius 3 is 2.38 bits per heavy atom. The molecule has 2 bridgehead atoms. The number of hydrogen-bond donors (Lipinski definition) is 0. The van der Waals surface area contributed by atoms with Gasteiger partial charge in [0.05, 0.1) is 30.8 Å². The molecule has 3 atom stereocenters. The lowest BCUT2D eigenvalue weighted by molar-refractivity contribution is -0.140. The van der Waals surface area contributed by atoms with Gasteiger partial charge in [0.1, 0.15) is 6.29 Å². The summed E-state index contributed by atoms with van der Waals surface area (Å²) in [5.41, 5.74) is -0.548. The number of fused-ring (bicyclic) bond motifs is 1. The van der Waals surface area contributed by atoms with Crippen LogP contribution in [0.2, 0.25) is 0 Å². The highest BCUT2D eigenvalue weighted by Gasteiger charge is 2.65. The second-order valence-corrected chi connectivity index (χ2v) is 6.47. The first-order chi connectivity index (χ1) is 10.0. The minimum Gasteiger partial charge on any atom is -0.466 e. The number of carbonyl (C=O) groups excluding carboxylic acids is 3. The molecular weight excluding hydrogens is 272 g/mol. The molecule has 2 fully saturated rings. The van der Waals surface area contributed by atoms with Crippen LogP contribution >= 0.6 is 0 Å². The van der Waals surface area contributed by atoms with Gasteiger partial charge in [-0.1, -0.05) is 6.42 Å². The quantitative estimate of drug-likeness (QED) is 0.586. The molecule has 0 unspecified atom stereocenters. The molecule has 0 heterocycles. The molecule has 5 nitrogen and oxygen atoms in total. The highest BCUT2D eigenvalue weighted by Crippen LogP contribution is 2.68. The fourth-order valence-corrected chi connectivity index (χ4v) is 4.98. The molecule has 5 heteroatoms. The maximum Gasteiger partial charge on any atom is 0.335 e. The topological polar surface area (TPSA) is 69.7 Å². The second-order valence-electron chi connectivity index (χ2n) is 6.47. The lowest BCUT2D eigenvalue weighted by atomic mass is 9.62. The Balaban J connectivity index is 2.26. The molecule has 3 rings (SSSR count). The van der Waals surface area contributed by atoms with E-state index < -0.39 is 17.4 Å². The normalized spacial score (nSPS) is 37.1. The molecule has 2 saturated carbocycles. The van der Waals surface area contributed by atoms with Crippen molar-refractivity contribution < 1.29 is 23.9 Å². The molecule has 0 radical (unpaired) electrons. The Labute approximate surface area is 123 Å². The zero-order valence-corrected chi connectivity index (χ0v) is 12.4. The summed E-state index contributed by atoms with van der Waals surface area (Å²) in [6, 6.07) is 0. The zero-order valence-electron chi connectivity index (χ0n) is 12.4. The number of esters is 2. The molecule has 0 aromatic heterocycles. The smallest absolute Gasteiger partial charge is 0.335 e. The van der Waals surface area contributed by atoms with Crippen molar-refractivity contribution in [3.8, 4) is 0 Å². The Kier molecular flexibility index (Phi) is 3.19. The molecule has 3 aliphatic rings. The van der Waals surface area contributed by atoms with Crippen molar-refractivity contribution in [3.63, 3.8) is 0 Å². The number of rotatable bonds is 3. The molecule has 3 aliphatic carbocycles. The van der Waals surface area contributed by atoms with Gasteiger partial charge in [-0.3, -0.25) is 0 Å². The highest BCUT2D eigenvalue weighted by molar-refractivity contribution is 6.06. The molecule has 0 amide bonds. The fraction of sp³-hybridized carbons (Fsp3) is 0.688. The van der Waals surface area contributed by atoms with Crippen LogP contribution in [0.15, 0.2) is 11.1 Å². The summed E-state index contributed by atoms with van der Waals surface area (Å²) in [4.78, 5) is 36.5. The molecule has 0 saturated heterocycles. The largest absolute Gasteiger partial charge is 0.466 e. The Morgan fingerprint density at radius 1 is 1.10 bits per heavy atom. The van der Waals surface area contributed by atoms with Gasteiger partial charge in [0.2, 0.25) is 0 Å². The summed E-state index contributed by atoms with van der Waals surface area (Å²) >= 11 is 0. The van der Waals surface area contributed by atoms with Gasteiger partial charge in [0.15, 0.2) is 0 Å². The number of carbonyl (C=O) groups is 3. The predicted octanol–water partition coefficient (Wildman–Crippen LogP) is 1.80. The molecule has 0 N–H and O–H groups in total. The molecular formula is C16H20O5. The summed E-state index contributed by atoms with van der Waals surface area (Å²) in [5, 5.41) is 0. The minimum absolute atomic E-state index is 0.260. The van der Waals surface area contributed by atoms with Crippen molar-refractivity contribution in [2.45, 2.75) is 38.5 Å². The Hall–Kier alpha value is -1.65. The summed E-state index contributed by atoms with van der Waals surface area (Å²) in [6.07, 6.45) is 5.82. The standard InChI is InChI=1S/C16H20O5/c1-20-13(18)11-12(14(19)21-2)16-6-3-4-10(16)5-7-15(11,8-16)9-17/h9-10H,3-8H2,1-2H3/t10-,15+,16+/m1/s1. The van der Waals surface area contributed by atoms with E-state index in [1.807, 2.05) is 0 Å². The average Bonchev–Trinajstić information content (AvgIpc) is 3.03.